The van der Waals surface area contributed by atoms with E-state index >= 15 is 0 Å². The quantitative estimate of drug-likeness (QED) is 0.881. The molecule has 1 aromatic carbocycles. The van der Waals surface area contributed by atoms with Crippen LogP contribution in [0.3, 0.4) is 0 Å². The zero-order chi connectivity index (χ0) is 13.7. The van der Waals surface area contributed by atoms with E-state index in [9.17, 15) is 9.90 Å². The smallest absolute Gasteiger partial charge is 0.228 e. The highest BCUT2D eigenvalue weighted by molar-refractivity contribution is 7.10. The van der Waals surface area contributed by atoms with Crippen LogP contribution in [0, 0.1) is 0 Å². The number of nitrogens with one attached hydrogen (secondary N) is 1. The molecule has 3 nitrogen and oxygen atoms in total. The second-order valence-corrected chi connectivity index (χ2v) is 5.37. The topological polar surface area (TPSA) is 49.3 Å². The molecule has 2 rings (SSSR count). The summed E-state index contributed by atoms with van der Waals surface area (Å²) in [5, 5.41) is 14.3. The zero-order valence-electron chi connectivity index (χ0n) is 10.7. The van der Waals surface area contributed by atoms with Crippen LogP contribution in [-0.2, 0) is 4.79 Å². The van der Waals surface area contributed by atoms with Crippen LogP contribution in [0.15, 0.2) is 47.8 Å². The lowest BCUT2D eigenvalue weighted by molar-refractivity contribution is -0.123. The van der Waals surface area contributed by atoms with E-state index in [4.69, 9.17) is 0 Å². The third-order valence-corrected chi connectivity index (χ3v) is 4.12. The molecule has 1 amide bonds. The minimum Gasteiger partial charge on any atom is -0.394 e. The van der Waals surface area contributed by atoms with E-state index in [0.29, 0.717) is 0 Å². The molecule has 0 bridgehead atoms. The van der Waals surface area contributed by atoms with Crippen LogP contribution in [0.2, 0.25) is 0 Å². The summed E-state index contributed by atoms with van der Waals surface area (Å²) >= 11 is 1.57. The highest BCUT2D eigenvalue weighted by Gasteiger charge is 2.20. The second kappa shape index (κ2) is 6.50. The van der Waals surface area contributed by atoms with Crippen molar-refractivity contribution >= 4 is 17.2 Å². The third-order valence-electron chi connectivity index (χ3n) is 3.06. The predicted molar refractivity (Wildman–Crippen MR) is 77.1 cm³/mol. The first kappa shape index (κ1) is 13.8. The van der Waals surface area contributed by atoms with Gasteiger partial charge in [-0.3, -0.25) is 4.79 Å². The van der Waals surface area contributed by atoms with Crippen LogP contribution >= 0.6 is 11.3 Å². The van der Waals surface area contributed by atoms with Gasteiger partial charge in [0.25, 0.3) is 0 Å². The summed E-state index contributed by atoms with van der Waals surface area (Å²) < 4.78 is 0. The Hall–Kier alpha value is -1.65. The molecule has 1 aromatic heterocycles. The minimum atomic E-state index is -0.351. The molecule has 2 unspecified atom stereocenters. The molecule has 19 heavy (non-hydrogen) atoms. The maximum atomic E-state index is 12.2. The van der Waals surface area contributed by atoms with Crippen molar-refractivity contribution in [3.8, 4) is 0 Å². The molecule has 0 radical (unpaired) electrons. The van der Waals surface area contributed by atoms with Crippen molar-refractivity contribution in [2.75, 3.05) is 6.61 Å². The van der Waals surface area contributed by atoms with Crippen LogP contribution < -0.4 is 5.32 Å². The molecule has 0 fully saturated rings. The molecule has 4 heteroatoms. The fourth-order valence-corrected chi connectivity index (χ4v) is 2.67. The number of hydrogen-bond donors (Lipinski definition) is 2. The minimum absolute atomic E-state index is 0.0645. The standard InChI is InChI=1S/C15H17NO2S/c1-11(14-8-5-9-19-14)15(18)16-13(10-17)12-6-3-2-4-7-12/h2-9,11,13,17H,10H2,1H3,(H,16,18). The Morgan fingerprint density at radius 2 is 2.00 bits per heavy atom. The summed E-state index contributed by atoms with van der Waals surface area (Å²) in [7, 11) is 0. The number of carbonyl (C=O) groups is 1. The van der Waals surface area contributed by atoms with Gasteiger partial charge in [-0.05, 0) is 23.9 Å². The van der Waals surface area contributed by atoms with Crippen LogP contribution in [-0.4, -0.2) is 17.6 Å². The molecule has 1 heterocycles. The Balaban J connectivity index is 2.05. The Labute approximate surface area is 116 Å². The molecule has 2 aromatic rings. The van der Waals surface area contributed by atoms with Gasteiger partial charge < -0.3 is 10.4 Å². The van der Waals surface area contributed by atoms with E-state index in [-0.39, 0.29) is 24.5 Å². The molecule has 0 saturated carbocycles. The van der Waals surface area contributed by atoms with Gasteiger partial charge >= 0.3 is 0 Å². The number of hydrogen-bond acceptors (Lipinski definition) is 3. The number of benzene rings is 1. The Morgan fingerprint density at radius 1 is 1.26 bits per heavy atom. The average molecular weight is 275 g/mol. The Morgan fingerprint density at radius 3 is 2.58 bits per heavy atom. The van der Waals surface area contributed by atoms with Crippen LogP contribution in [0.4, 0.5) is 0 Å². The van der Waals surface area contributed by atoms with Crippen LogP contribution in [0.5, 0.6) is 0 Å². The Bertz CT molecular complexity index is 510. The van der Waals surface area contributed by atoms with Gasteiger partial charge in [0.05, 0.1) is 18.6 Å². The normalized spacial score (nSPS) is 13.8. The SMILES string of the molecule is CC(C(=O)NC(CO)c1ccccc1)c1cccs1. The van der Waals surface area contributed by atoms with E-state index in [1.807, 2.05) is 54.8 Å². The molecule has 0 saturated heterocycles. The highest BCUT2D eigenvalue weighted by atomic mass is 32.1. The van der Waals surface area contributed by atoms with Gasteiger partial charge in [-0.15, -0.1) is 11.3 Å². The maximum absolute atomic E-state index is 12.2. The van der Waals surface area contributed by atoms with Crippen molar-refractivity contribution < 1.29 is 9.90 Å². The van der Waals surface area contributed by atoms with Crippen molar-refractivity contribution in [2.24, 2.45) is 0 Å². The van der Waals surface area contributed by atoms with Gasteiger partial charge in [-0.25, -0.2) is 0 Å². The van der Waals surface area contributed by atoms with E-state index in [1.54, 1.807) is 11.3 Å². The van der Waals surface area contributed by atoms with Gasteiger partial charge in [0.2, 0.25) is 5.91 Å². The fourth-order valence-electron chi connectivity index (χ4n) is 1.88. The van der Waals surface area contributed by atoms with Gasteiger partial charge in [-0.2, -0.15) is 0 Å². The van der Waals surface area contributed by atoms with Crippen LogP contribution in [0.25, 0.3) is 0 Å². The van der Waals surface area contributed by atoms with Gasteiger partial charge in [-0.1, -0.05) is 36.4 Å². The average Bonchev–Trinajstić information content (AvgIpc) is 2.98. The number of carbonyl (C=O) groups excluding carboxylic acids is 1. The third kappa shape index (κ3) is 3.43. The van der Waals surface area contributed by atoms with Crippen molar-refractivity contribution in [2.45, 2.75) is 18.9 Å². The summed E-state index contributed by atoms with van der Waals surface area (Å²) in [6, 6.07) is 13.0. The first-order valence-corrected chi connectivity index (χ1v) is 7.10. The lowest BCUT2D eigenvalue weighted by atomic mass is 10.1. The van der Waals surface area contributed by atoms with Gasteiger partial charge in [0, 0.05) is 4.88 Å². The molecule has 2 N–H and O–H groups in total. The Kier molecular flexibility index (Phi) is 4.71. The first-order valence-electron chi connectivity index (χ1n) is 6.22. The molecule has 0 spiro atoms. The highest BCUT2D eigenvalue weighted by Crippen LogP contribution is 2.22. The number of aliphatic hydroxyl groups is 1. The van der Waals surface area contributed by atoms with E-state index in [1.165, 1.54) is 0 Å². The van der Waals surface area contributed by atoms with Gasteiger partial charge in [0.15, 0.2) is 0 Å². The summed E-state index contributed by atoms with van der Waals surface area (Å²) in [5.41, 5.74) is 0.914. The summed E-state index contributed by atoms with van der Waals surface area (Å²) in [5.74, 6) is -0.261. The lowest BCUT2D eigenvalue weighted by Crippen LogP contribution is -2.33. The predicted octanol–water partition coefficient (Wildman–Crippen LogP) is 2.70. The monoisotopic (exact) mass is 275 g/mol. The summed E-state index contributed by atoms with van der Waals surface area (Å²) in [6.07, 6.45) is 0. The fraction of sp³-hybridized carbons (Fsp3) is 0.267. The number of rotatable bonds is 5. The molecule has 0 aliphatic rings. The van der Waals surface area contributed by atoms with Crippen molar-refractivity contribution in [1.82, 2.24) is 5.32 Å². The van der Waals surface area contributed by atoms with Crippen molar-refractivity contribution in [3.63, 3.8) is 0 Å². The van der Waals surface area contributed by atoms with Gasteiger partial charge in [0.1, 0.15) is 0 Å². The molecular weight excluding hydrogens is 258 g/mol. The van der Waals surface area contributed by atoms with Crippen LogP contribution in [0.1, 0.15) is 29.3 Å². The lowest BCUT2D eigenvalue weighted by Gasteiger charge is -2.19. The molecule has 0 aliphatic carbocycles. The summed E-state index contributed by atoms with van der Waals surface area (Å²) in [4.78, 5) is 13.2. The second-order valence-electron chi connectivity index (χ2n) is 4.39. The van der Waals surface area contributed by atoms with E-state index in [0.717, 1.165) is 10.4 Å². The number of amides is 1. The molecular formula is C15H17NO2S. The molecule has 0 aliphatic heterocycles. The molecule has 2 atom stereocenters. The van der Waals surface area contributed by atoms with E-state index < -0.39 is 0 Å². The zero-order valence-corrected chi connectivity index (χ0v) is 11.6. The van der Waals surface area contributed by atoms with Crippen molar-refractivity contribution in [3.05, 3.63) is 58.3 Å². The number of aliphatic hydroxyl groups excluding tert-OH is 1. The summed E-state index contributed by atoms with van der Waals surface area (Å²) in [6.45, 7) is 1.77. The largest absolute Gasteiger partial charge is 0.394 e. The van der Waals surface area contributed by atoms with Crippen molar-refractivity contribution in [1.29, 1.82) is 0 Å². The van der Waals surface area contributed by atoms with E-state index in [2.05, 4.69) is 5.32 Å². The first-order chi connectivity index (χ1) is 9.22. The number of thiophene rings is 1. The molecule has 100 valence electrons. The maximum Gasteiger partial charge on any atom is 0.228 e.